The second kappa shape index (κ2) is 6.00. The van der Waals surface area contributed by atoms with Gasteiger partial charge in [0.2, 0.25) is 5.91 Å². The number of nitrogens with one attached hydrogen (secondary N) is 1. The van der Waals surface area contributed by atoms with E-state index in [1.807, 2.05) is 13.8 Å². The quantitative estimate of drug-likeness (QED) is 0.662. The number of carboxylic acid groups (broad SMARTS) is 1. The Labute approximate surface area is 102 Å². The Morgan fingerprint density at radius 3 is 2.59 bits per heavy atom. The van der Waals surface area contributed by atoms with Gasteiger partial charge < -0.3 is 16.2 Å². The minimum atomic E-state index is -0.828. The first-order valence-electron chi connectivity index (χ1n) is 6.20. The van der Waals surface area contributed by atoms with Crippen molar-refractivity contribution in [3.63, 3.8) is 0 Å². The lowest BCUT2D eigenvalue weighted by molar-refractivity contribution is -0.142. The van der Waals surface area contributed by atoms with E-state index in [1.54, 1.807) is 0 Å². The average Bonchev–Trinajstić information content (AvgIpc) is 2.64. The van der Waals surface area contributed by atoms with Crippen molar-refractivity contribution in [2.75, 3.05) is 0 Å². The smallest absolute Gasteiger partial charge is 0.308 e. The molecule has 1 rings (SSSR count). The molecule has 0 spiro atoms. The molecule has 98 valence electrons. The highest BCUT2D eigenvalue weighted by Crippen LogP contribution is 2.25. The molecule has 5 nitrogen and oxygen atoms in total. The molecule has 0 radical (unpaired) electrons. The van der Waals surface area contributed by atoms with Gasteiger partial charge in [0, 0.05) is 6.04 Å². The Bertz CT molecular complexity index is 291. The summed E-state index contributed by atoms with van der Waals surface area (Å²) < 4.78 is 0. The standard InChI is InChI=1S/C12H22N2O3/c1-7(2)6-9(13)11(15)14-10-5-3-4-8(10)12(16)17/h7-10H,3-6,13H2,1-2H3,(H,14,15)(H,16,17)/t8?,9-,10?/m0/s1. The highest BCUT2D eigenvalue weighted by molar-refractivity contribution is 5.82. The highest BCUT2D eigenvalue weighted by atomic mass is 16.4. The van der Waals surface area contributed by atoms with Crippen LogP contribution in [0.15, 0.2) is 0 Å². The normalized spacial score (nSPS) is 25.9. The van der Waals surface area contributed by atoms with Crippen LogP contribution in [-0.2, 0) is 9.59 Å². The lowest BCUT2D eigenvalue weighted by atomic mass is 10.0. The molecule has 0 aromatic carbocycles. The minimum absolute atomic E-state index is 0.225. The second-order valence-corrected chi connectivity index (χ2v) is 5.23. The molecule has 0 heterocycles. The molecular formula is C12H22N2O3. The Morgan fingerprint density at radius 1 is 1.41 bits per heavy atom. The number of carboxylic acids is 1. The van der Waals surface area contributed by atoms with Crippen LogP contribution < -0.4 is 11.1 Å². The number of hydrogen-bond donors (Lipinski definition) is 3. The Kier molecular flexibility index (Phi) is 4.93. The molecule has 5 heteroatoms. The van der Waals surface area contributed by atoms with Crippen molar-refractivity contribution in [1.29, 1.82) is 0 Å². The van der Waals surface area contributed by atoms with Crippen molar-refractivity contribution >= 4 is 11.9 Å². The summed E-state index contributed by atoms with van der Waals surface area (Å²) in [5.41, 5.74) is 5.76. The van der Waals surface area contributed by atoms with Crippen molar-refractivity contribution in [2.24, 2.45) is 17.6 Å². The lowest BCUT2D eigenvalue weighted by Gasteiger charge is -2.21. The van der Waals surface area contributed by atoms with Crippen molar-refractivity contribution in [1.82, 2.24) is 5.32 Å². The van der Waals surface area contributed by atoms with E-state index >= 15 is 0 Å². The van der Waals surface area contributed by atoms with E-state index in [9.17, 15) is 9.59 Å². The predicted octanol–water partition coefficient (Wildman–Crippen LogP) is 0.729. The van der Waals surface area contributed by atoms with E-state index in [1.165, 1.54) is 0 Å². The van der Waals surface area contributed by atoms with Crippen LogP contribution in [0.4, 0.5) is 0 Å². The van der Waals surface area contributed by atoms with Crippen molar-refractivity contribution in [3.05, 3.63) is 0 Å². The molecular weight excluding hydrogens is 220 g/mol. The molecule has 1 amide bonds. The van der Waals surface area contributed by atoms with Crippen LogP contribution in [0.1, 0.15) is 39.5 Å². The third-order valence-electron chi connectivity index (χ3n) is 3.22. The van der Waals surface area contributed by atoms with Gasteiger partial charge in [0.05, 0.1) is 12.0 Å². The SMILES string of the molecule is CC(C)C[C@H](N)C(=O)NC1CCCC1C(=O)O. The Hall–Kier alpha value is -1.10. The van der Waals surface area contributed by atoms with Crippen molar-refractivity contribution in [3.8, 4) is 0 Å². The van der Waals surface area contributed by atoms with Gasteiger partial charge in [0.1, 0.15) is 0 Å². The molecule has 0 saturated heterocycles. The predicted molar refractivity (Wildman–Crippen MR) is 64.3 cm³/mol. The number of carbonyl (C=O) groups excluding carboxylic acids is 1. The van der Waals surface area contributed by atoms with Gasteiger partial charge in [-0.25, -0.2) is 0 Å². The summed E-state index contributed by atoms with van der Waals surface area (Å²) in [6, 6.07) is -0.789. The van der Waals surface area contributed by atoms with Gasteiger partial charge in [-0.05, 0) is 25.2 Å². The second-order valence-electron chi connectivity index (χ2n) is 5.23. The zero-order chi connectivity index (χ0) is 13.0. The Balaban J connectivity index is 2.47. The third kappa shape index (κ3) is 4.00. The summed E-state index contributed by atoms with van der Waals surface area (Å²) in [6.07, 6.45) is 2.84. The fraction of sp³-hybridized carbons (Fsp3) is 0.833. The Morgan fingerprint density at radius 2 is 2.06 bits per heavy atom. The molecule has 1 saturated carbocycles. The number of hydrogen-bond acceptors (Lipinski definition) is 3. The van der Waals surface area contributed by atoms with Gasteiger partial charge in [-0.3, -0.25) is 9.59 Å². The number of rotatable bonds is 5. The van der Waals surface area contributed by atoms with Gasteiger partial charge in [0.25, 0.3) is 0 Å². The lowest BCUT2D eigenvalue weighted by Crippen LogP contribution is -2.48. The van der Waals surface area contributed by atoms with Crippen LogP contribution in [-0.4, -0.2) is 29.1 Å². The zero-order valence-corrected chi connectivity index (χ0v) is 10.5. The minimum Gasteiger partial charge on any atom is -0.481 e. The fourth-order valence-electron chi connectivity index (χ4n) is 2.33. The summed E-state index contributed by atoms with van der Waals surface area (Å²) in [5, 5.41) is 11.8. The van der Waals surface area contributed by atoms with Gasteiger partial charge in [-0.2, -0.15) is 0 Å². The molecule has 2 unspecified atom stereocenters. The first-order chi connectivity index (χ1) is 7.91. The van der Waals surface area contributed by atoms with E-state index in [0.29, 0.717) is 18.8 Å². The van der Waals surface area contributed by atoms with Crippen LogP contribution in [0.25, 0.3) is 0 Å². The molecule has 0 aliphatic heterocycles. The van der Waals surface area contributed by atoms with Crippen molar-refractivity contribution in [2.45, 2.75) is 51.6 Å². The summed E-state index contributed by atoms with van der Waals surface area (Å²) >= 11 is 0. The van der Waals surface area contributed by atoms with Gasteiger partial charge in [0.15, 0.2) is 0 Å². The number of carbonyl (C=O) groups is 2. The van der Waals surface area contributed by atoms with Gasteiger partial charge in [-0.1, -0.05) is 20.3 Å². The van der Waals surface area contributed by atoms with Gasteiger partial charge in [-0.15, -0.1) is 0 Å². The van der Waals surface area contributed by atoms with E-state index in [0.717, 1.165) is 12.8 Å². The molecule has 0 aromatic rings. The average molecular weight is 242 g/mol. The number of aliphatic carboxylic acids is 1. The van der Waals surface area contributed by atoms with Crippen LogP contribution in [0.3, 0.4) is 0 Å². The monoisotopic (exact) mass is 242 g/mol. The maximum Gasteiger partial charge on any atom is 0.308 e. The molecule has 1 aliphatic carbocycles. The highest BCUT2D eigenvalue weighted by Gasteiger charge is 2.34. The molecule has 17 heavy (non-hydrogen) atoms. The van der Waals surface area contributed by atoms with Gasteiger partial charge >= 0.3 is 5.97 Å². The topological polar surface area (TPSA) is 92.4 Å². The number of nitrogens with two attached hydrogens (primary N) is 1. The largest absolute Gasteiger partial charge is 0.481 e. The van der Waals surface area contributed by atoms with Crippen LogP contribution >= 0.6 is 0 Å². The summed E-state index contributed by atoms with van der Waals surface area (Å²) in [6.45, 7) is 4.01. The van der Waals surface area contributed by atoms with E-state index in [2.05, 4.69) is 5.32 Å². The molecule has 0 aromatic heterocycles. The fourth-order valence-corrected chi connectivity index (χ4v) is 2.33. The summed E-state index contributed by atoms with van der Waals surface area (Å²) in [7, 11) is 0. The molecule has 4 N–H and O–H groups in total. The molecule has 1 fully saturated rings. The summed E-state index contributed by atoms with van der Waals surface area (Å²) in [5.74, 6) is -1.15. The van der Waals surface area contributed by atoms with Crippen LogP contribution in [0.2, 0.25) is 0 Å². The van der Waals surface area contributed by atoms with Crippen molar-refractivity contribution < 1.29 is 14.7 Å². The maximum absolute atomic E-state index is 11.8. The first kappa shape index (κ1) is 14.0. The first-order valence-corrected chi connectivity index (χ1v) is 6.20. The molecule has 0 bridgehead atoms. The number of amides is 1. The maximum atomic E-state index is 11.8. The zero-order valence-electron chi connectivity index (χ0n) is 10.5. The van der Waals surface area contributed by atoms with E-state index in [4.69, 9.17) is 10.8 Å². The van der Waals surface area contributed by atoms with Crippen LogP contribution in [0, 0.1) is 11.8 Å². The molecule has 3 atom stereocenters. The summed E-state index contributed by atoms with van der Waals surface area (Å²) in [4.78, 5) is 22.7. The van der Waals surface area contributed by atoms with E-state index < -0.39 is 17.9 Å². The molecule has 1 aliphatic rings. The van der Waals surface area contributed by atoms with E-state index in [-0.39, 0.29) is 11.9 Å². The van der Waals surface area contributed by atoms with Crippen LogP contribution in [0.5, 0.6) is 0 Å². The third-order valence-corrected chi connectivity index (χ3v) is 3.22.